The number of rotatable bonds is 3. The molecule has 0 N–H and O–H groups in total. The van der Waals surface area contributed by atoms with Gasteiger partial charge in [-0.25, -0.2) is 0 Å². The van der Waals surface area contributed by atoms with Crippen LogP contribution in [0.2, 0.25) is 0 Å². The molecule has 0 spiro atoms. The van der Waals surface area contributed by atoms with Crippen molar-refractivity contribution < 1.29 is 14.1 Å². The first kappa shape index (κ1) is 12.2. The minimum absolute atomic E-state index is 0.202. The topological polar surface area (TPSA) is 65.5 Å². The van der Waals surface area contributed by atoms with E-state index >= 15 is 0 Å². The summed E-state index contributed by atoms with van der Waals surface area (Å²) < 4.78 is 10.6. The maximum Gasteiger partial charge on any atom is 0.433 e. The first-order valence-electron chi connectivity index (χ1n) is 5.79. The van der Waals surface area contributed by atoms with Crippen molar-refractivity contribution in [3.63, 3.8) is 0 Å². The van der Waals surface area contributed by atoms with Gasteiger partial charge in [-0.2, -0.15) is 0 Å². The van der Waals surface area contributed by atoms with Gasteiger partial charge in [0.15, 0.2) is 0 Å². The minimum Gasteiger partial charge on any atom is -0.493 e. The third-order valence-electron chi connectivity index (χ3n) is 3.05. The van der Waals surface area contributed by atoms with Crippen LogP contribution in [0.25, 0.3) is 0 Å². The van der Waals surface area contributed by atoms with E-state index in [1.54, 1.807) is 6.07 Å². The number of halogens is 1. The van der Waals surface area contributed by atoms with Crippen molar-refractivity contribution in [3.05, 3.63) is 57.3 Å². The Balaban J connectivity index is 1.90. The van der Waals surface area contributed by atoms with Gasteiger partial charge in [0.25, 0.3) is 0 Å². The summed E-state index contributed by atoms with van der Waals surface area (Å²) in [4.78, 5) is 9.86. The highest BCUT2D eigenvalue weighted by Gasteiger charge is 2.21. The third kappa shape index (κ3) is 2.23. The van der Waals surface area contributed by atoms with E-state index in [4.69, 9.17) is 9.15 Å². The Labute approximate surface area is 117 Å². The zero-order valence-corrected chi connectivity index (χ0v) is 11.4. The van der Waals surface area contributed by atoms with Crippen molar-refractivity contribution >= 4 is 21.8 Å². The van der Waals surface area contributed by atoms with Crippen LogP contribution in [0.1, 0.15) is 21.7 Å². The van der Waals surface area contributed by atoms with Crippen molar-refractivity contribution in [1.82, 2.24) is 0 Å². The van der Waals surface area contributed by atoms with Crippen molar-refractivity contribution in [1.29, 1.82) is 0 Å². The lowest BCUT2D eigenvalue weighted by Crippen LogP contribution is -1.92. The molecule has 0 radical (unpaired) electrons. The van der Waals surface area contributed by atoms with Crippen LogP contribution in [0.3, 0.4) is 0 Å². The van der Waals surface area contributed by atoms with Crippen LogP contribution in [0.15, 0.2) is 34.7 Å². The molecule has 6 heteroatoms. The Hall–Kier alpha value is -1.82. The van der Waals surface area contributed by atoms with Crippen LogP contribution in [0.5, 0.6) is 5.75 Å². The molecule has 0 amide bonds. The lowest BCUT2D eigenvalue weighted by molar-refractivity contribution is -0.402. The second kappa shape index (κ2) is 4.70. The molecule has 0 saturated carbocycles. The van der Waals surface area contributed by atoms with Gasteiger partial charge in [0.2, 0.25) is 0 Å². The van der Waals surface area contributed by atoms with E-state index in [0.29, 0.717) is 12.4 Å². The summed E-state index contributed by atoms with van der Waals surface area (Å²) in [6.07, 6.45) is 0.890. The minimum atomic E-state index is -0.542. The molecule has 1 unspecified atom stereocenters. The molecular formula is C13H10BrNO4. The first-order chi connectivity index (χ1) is 9.15. The van der Waals surface area contributed by atoms with Gasteiger partial charge in [-0.05, 0) is 23.3 Å². The number of hydrogen-bond acceptors (Lipinski definition) is 4. The number of furan rings is 1. The Morgan fingerprint density at radius 3 is 2.89 bits per heavy atom. The average Bonchev–Trinajstić information content (AvgIpc) is 3.06. The molecule has 0 aliphatic carbocycles. The summed E-state index contributed by atoms with van der Waals surface area (Å²) in [6, 6.07) is 8.86. The number of benzene rings is 1. The molecule has 1 aromatic carbocycles. The smallest absolute Gasteiger partial charge is 0.433 e. The maximum absolute atomic E-state index is 10.6. The van der Waals surface area contributed by atoms with Gasteiger partial charge in [-0.1, -0.05) is 28.1 Å². The lowest BCUT2D eigenvalue weighted by atomic mass is 10.1. The van der Waals surface area contributed by atoms with Crippen molar-refractivity contribution in [2.75, 3.05) is 6.61 Å². The molecule has 0 bridgehead atoms. The van der Waals surface area contributed by atoms with E-state index in [0.717, 1.165) is 23.3 Å². The monoisotopic (exact) mass is 323 g/mol. The van der Waals surface area contributed by atoms with Crippen LogP contribution in [0, 0.1) is 10.1 Å². The largest absolute Gasteiger partial charge is 0.493 e. The summed E-state index contributed by atoms with van der Waals surface area (Å²) in [5.74, 6) is 1.18. The maximum atomic E-state index is 10.6. The number of alkyl halides is 1. The molecule has 0 saturated heterocycles. The molecule has 2 aromatic rings. The van der Waals surface area contributed by atoms with Crippen LogP contribution in [-0.4, -0.2) is 11.5 Å². The van der Waals surface area contributed by atoms with Gasteiger partial charge in [0.1, 0.15) is 16.4 Å². The Morgan fingerprint density at radius 2 is 2.16 bits per heavy atom. The summed E-state index contributed by atoms with van der Waals surface area (Å²) >= 11 is 3.51. The second-order valence-corrected chi connectivity index (χ2v) is 5.18. The summed E-state index contributed by atoms with van der Waals surface area (Å²) in [6.45, 7) is 0.706. The zero-order valence-electron chi connectivity index (χ0n) is 9.84. The van der Waals surface area contributed by atoms with Gasteiger partial charge >= 0.3 is 5.88 Å². The summed E-state index contributed by atoms with van der Waals surface area (Å²) in [5.41, 5.74) is 2.15. The summed E-state index contributed by atoms with van der Waals surface area (Å²) in [5, 5.41) is 10.6. The van der Waals surface area contributed by atoms with Gasteiger partial charge in [-0.3, -0.25) is 10.1 Å². The van der Waals surface area contributed by atoms with Crippen molar-refractivity contribution in [2.45, 2.75) is 11.2 Å². The molecular weight excluding hydrogens is 314 g/mol. The zero-order chi connectivity index (χ0) is 13.4. The second-order valence-electron chi connectivity index (χ2n) is 4.26. The number of hydrogen-bond donors (Lipinski definition) is 0. The fourth-order valence-corrected chi connectivity index (χ4v) is 2.64. The van der Waals surface area contributed by atoms with E-state index in [2.05, 4.69) is 15.9 Å². The van der Waals surface area contributed by atoms with E-state index in [9.17, 15) is 10.1 Å². The fourth-order valence-electron chi connectivity index (χ4n) is 2.10. The fraction of sp³-hybridized carbons (Fsp3) is 0.231. The van der Waals surface area contributed by atoms with Gasteiger partial charge in [0, 0.05) is 6.42 Å². The molecule has 2 heterocycles. The van der Waals surface area contributed by atoms with Crippen LogP contribution in [0.4, 0.5) is 5.88 Å². The molecule has 0 fully saturated rings. The van der Waals surface area contributed by atoms with Gasteiger partial charge in [0.05, 0.1) is 17.5 Å². The first-order valence-corrected chi connectivity index (χ1v) is 6.70. The molecule has 1 aromatic heterocycles. The van der Waals surface area contributed by atoms with E-state index in [1.807, 2.05) is 18.2 Å². The third-order valence-corrected chi connectivity index (χ3v) is 4.03. The molecule has 1 atom stereocenters. The molecule has 3 rings (SSSR count). The number of ether oxygens (including phenoxy) is 1. The average molecular weight is 324 g/mol. The standard InChI is InChI=1S/C13H10BrNO4/c14-13(11-3-4-12(19-11)15(16)17)9-1-2-10-8(7-9)5-6-18-10/h1-4,7,13H,5-6H2. The normalized spacial score (nSPS) is 14.8. The van der Waals surface area contributed by atoms with Crippen LogP contribution in [-0.2, 0) is 6.42 Å². The predicted molar refractivity (Wildman–Crippen MR) is 71.8 cm³/mol. The molecule has 5 nitrogen and oxygen atoms in total. The quantitative estimate of drug-likeness (QED) is 0.491. The highest BCUT2D eigenvalue weighted by Crippen LogP contribution is 2.36. The predicted octanol–water partition coefficient (Wildman–Crippen LogP) is 3.61. The number of fused-ring (bicyclic) bond motifs is 1. The van der Waals surface area contributed by atoms with Crippen molar-refractivity contribution in [2.24, 2.45) is 0 Å². The Bertz CT molecular complexity index is 637. The molecule has 19 heavy (non-hydrogen) atoms. The number of nitrogens with zero attached hydrogens (tertiary/aromatic N) is 1. The summed E-state index contributed by atoms with van der Waals surface area (Å²) in [7, 11) is 0. The van der Waals surface area contributed by atoms with Gasteiger partial charge in [-0.15, -0.1) is 0 Å². The molecule has 1 aliphatic rings. The molecule has 1 aliphatic heterocycles. The lowest BCUT2D eigenvalue weighted by Gasteiger charge is -2.08. The van der Waals surface area contributed by atoms with Crippen LogP contribution >= 0.6 is 15.9 Å². The highest BCUT2D eigenvalue weighted by molar-refractivity contribution is 9.09. The van der Waals surface area contributed by atoms with E-state index < -0.39 is 4.92 Å². The van der Waals surface area contributed by atoms with Crippen LogP contribution < -0.4 is 4.74 Å². The highest BCUT2D eigenvalue weighted by atomic mass is 79.9. The molecule has 98 valence electrons. The van der Waals surface area contributed by atoms with Crippen molar-refractivity contribution in [3.8, 4) is 5.75 Å². The van der Waals surface area contributed by atoms with Gasteiger partial charge < -0.3 is 9.15 Å². The Morgan fingerprint density at radius 1 is 1.32 bits per heavy atom. The van der Waals surface area contributed by atoms with E-state index in [-0.39, 0.29) is 10.7 Å². The van der Waals surface area contributed by atoms with E-state index in [1.165, 1.54) is 6.07 Å². The Kier molecular flexibility index (Phi) is 3.02. The number of nitro groups is 1. The SMILES string of the molecule is O=[N+]([O-])c1ccc(C(Br)c2ccc3c(c2)CCO3)o1.